The Morgan fingerprint density at radius 2 is 1.96 bits per heavy atom. The van der Waals surface area contributed by atoms with Crippen LogP contribution in [0.5, 0.6) is 0 Å². The summed E-state index contributed by atoms with van der Waals surface area (Å²) in [5.41, 5.74) is 4.66. The predicted octanol–water partition coefficient (Wildman–Crippen LogP) is 3.32. The Morgan fingerprint density at radius 3 is 2.78 bits per heavy atom. The molecule has 0 aliphatic carbocycles. The number of nitrogens with one attached hydrogen (secondary N) is 2. The summed E-state index contributed by atoms with van der Waals surface area (Å²) in [4.78, 5) is 30.5. The Labute approximate surface area is 157 Å². The first-order valence-electron chi connectivity index (χ1n) is 8.96. The third-order valence-corrected chi connectivity index (χ3v) is 5.03. The maximum atomic E-state index is 13.1. The second-order valence-corrected chi connectivity index (χ2v) is 6.72. The molecule has 0 spiro atoms. The van der Waals surface area contributed by atoms with Gasteiger partial charge < -0.3 is 15.2 Å². The van der Waals surface area contributed by atoms with Crippen LogP contribution in [0.15, 0.2) is 61.2 Å². The molecule has 3 aromatic rings. The molecule has 0 unspecified atom stereocenters. The van der Waals surface area contributed by atoms with Gasteiger partial charge in [0.05, 0.1) is 6.04 Å². The molecule has 0 saturated heterocycles. The first-order chi connectivity index (χ1) is 13.1. The Bertz CT molecular complexity index is 1050. The fourth-order valence-corrected chi connectivity index (χ4v) is 3.89. The van der Waals surface area contributed by atoms with Gasteiger partial charge in [-0.05, 0) is 24.6 Å². The van der Waals surface area contributed by atoms with Gasteiger partial charge in [0.2, 0.25) is 5.91 Å². The van der Waals surface area contributed by atoms with Gasteiger partial charge in [0, 0.05) is 34.3 Å². The van der Waals surface area contributed by atoms with Crippen LogP contribution in [0.1, 0.15) is 33.2 Å². The lowest BCUT2D eigenvalue weighted by Crippen LogP contribution is -2.39. The number of rotatable bonds is 5. The van der Waals surface area contributed by atoms with Gasteiger partial charge in [-0.1, -0.05) is 42.5 Å². The van der Waals surface area contributed by atoms with Crippen molar-refractivity contribution in [1.82, 2.24) is 15.2 Å². The summed E-state index contributed by atoms with van der Waals surface area (Å²) in [5, 5.41) is 3.84. The minimum absolute atomic E-state index is 0.00493. The molecule has 1 aromatic heterocycles. The van der Waals surface area contributed by atoms with Gasteiger partial charge in [-0.3, -0.25) is 9.59 Å². The Hall–Kier alpha value is -3.34. The SMILES string of the molecule is C=CCNC(=O)CN1C(=O)c2ccccc2[C@@H]1c1c(C)[nH]c2ccccc12. The van der Waals surface area contributed by atoms with Gasteiger partial charge in [-0.25, -0.2) is 0 Å². The molecule has 2 heterocycles. The van der Waals surface area contributed by atoms with Crippen molar-refractivity contribution in [3.05, 3.63) is 83.6 Å². The average Bonchev–Trinajstić information content (AvgIpc) is 3.14. The van der Waals surface area contributed by atoms with Crippen LogP contribution in [0, 0.1) is 6.92 Å². The number of benzene rings is 2. The standard InChI is InChI=1S/C22H21N3O2/c1-3-12-23-19(26)13-25-21(15-8-4-5-9-16(15)22(25)27)20-14(2)24-18-11-7-6-10-17(18)20/h3-11,21,24H,1,12-13H2,2H3,(H,23,26)/t21-/m1/s1. The monoisotopic (exact) mass is 359 g/mol. The number of H-pyrrole nitrogens is 1. The largest absolute Gasteiger partial charge is 0.358 e. The van der Waals surface area contributed by atoms with Crippen molar-refractivity contribution in [2.24, 2.45) is 0 Å². The van der Waals surface area contributed by atoms with E-state index in [-0.39, 0.29) is 24.4 Å². The number of carbonyl (C=O) groups is 2. The van der Waals surface area contributed by atoms with Crippen molar-refractivity contribution in [3.63, 3.8) is 0 Å². The van der Waals surface area contributed by atoms with Crippen LogP contribution in [0.2, 0.25) is 0 Å². The van der Waals surface area contributed by atoms with Crippen molar-refractivity contribution < 1.29 is 9.59 Å². The lowest BCUT2D eigenvalue weighted by molar-refractivity contribution is -0.121. The second-order valence-electron chi connectivity index (χ2n) is 6.72. The Balaban J connectivity index is 1.83. The molecule has 2 aromatic carbocycles. The number of nitrogens with zero attached hydrogens (tertiary/aromatic N) is 1. The summed E-state index contributed by atoms with van der Waals surface area (Å²) in [6, 6.07) is 15.3. The molecular formula is C22H21N3O2. The summed E-state index contributed by atoms with van der Waals surface area (Å²) in [6.45, 7) is 6.01. The maximum absolute atomic E-state index is 13.1. The number of fused-ring (bicyclic) bond motifs is 2. The van der Waals surface area contributed by atoms with Gasteiger partial charge >= 0.3 is 0 Å². The highest BCUT2D eigenvalue weighted by atomic mass is 16.2. The van der Waals surface area contributed by atoms with Crippen LogP contribution in [-0.2, 0) is 4.79 Å². The molecule has 2 amide bonds. The summed E-state index contributed by atoms with van der Waals surface area (Å²) < 4.78 is 0. The van der Waals surface area contributed by atoms with E-state index in [1.165, 1.54) is 0 Å². The minimum atomic E-state index is -0.292. The maximum Gasteiger partial charge on any atom is 0.255 e. The van der Waals surface area contributed by atoms with E-state index in [0.717, 1.165) is 27.7 Å². The van der Waals surface area contributed by atoms with E-state index >= 15 is 0 Å². The second kappa shape index (κ2) is 6.76. The molecule has 1 atom stereocenters. The van der Waals surface area contributed by atoms with Crippen molar-refractivity contribution >= 4 is 22.7 Å². The van der Waals surface area contributed by atoms with E-state index in [1.54, 1.807) is 11.0 Å². The van der Waals surface area contributed by atoms with Crippen LogP contribution < -0.4 is 5.32 Å². The van der Waals surface area contributed by atoms with E-state index < -0.39 is 0 Å². The summed E-state index contributed by atoms with van der Waals surface area (Å²) in [7, 11) is 0. The van der Waals surface area contributed by atoms with Crippen LogP contribution >= 0.6 is 0 Å². The smallest absolute Gasteiger partial charge is 0.255 e. The van der Waals surface area contributed by atoms with Crippen molar-refractivity contribution in [3.8, 4) is 0 Å². The molecule has 0 radical (unpaired) electrons. The number of para-hydroxylation sites is 1. The Morgan fingerprint density at radius 1 is 1.22 bits per heavy atom. The van der Waals surface area contributed by atoms with Gasteiger partial charge in [0.15, 0.2) is 0 Å². The molecule has 1 aliphatic heterocycles. The van der Waals surface area contributed by atoms with Gasteiger partial charge in [0.1, 0.15) is 6.54 Å². The summed E-state index contributed by atoms with van der Waals surface area (Å²) >= 11 is 0. The predicted molar refractivity (Wildman–Crippen MR) is 106 cm³/mol. The minimum Gasteiger partial charge on any atom is -0.358 e. The molecule has 0 saturated carbocycles. The molecular weight excluding hydrogens is 338 g/mol. The van der Waals surface area contributed by atoms with Crippen LogP contribution in [0.3, 0.4) is 0 Å². The van der Waals surface area contributed by atoms with E-state index in [1.807, 2.05) is 49.4 Å². The molecule has 2 N–H and O–H groups in total. The molecule has 5 heteroatoms. The zero-order valence-electron chi connectivity index (χ0n) is 15.2. The zero-order chi connectivity index (χ0) is 19.0. The number of hydrogen-bond acceptors (Lipinski definition) is 2. The van der Waals surface area contributed by atoms with E-state index in [2.05, 4.69) is 22.9 Å². The molecule has 27 heavy (non-hydrogen) atoms. The number of carbonyl (C=O) groups excluding carboxylic acids is 2. The Kier molecular flexibility index (Phi) is 4.28. The quantitative estimate of drug-likeness (QED) is 0.687. The van der Waals surface area contributed by atoms with Gasteiger partial charge in [0.25, 0.3) is 5.91 Å². The fourth-order valence-electron chi connectivity index (χ4n) is 3.89. The lowest BCUT2D eigenvalue weighted by atomic mass is 9.95. The van der Waals surface area contributed by atoms with E-state index in [9.17, 15) is 9.59 Å². The van der Waals surface area contributed by atoms with Crippen LogP contribution in [0.25, 0.3) is 10.9 Å². The number of amides is 2. The number of aryl methyl sites for hydroxylation is 1. The topological polar surface area (TPSA) is 65.2 Å². The first-order valence-corrected chi connectivity index (χ1v) is 8.96. The summed E-state index contributed by atoms with van der Waals surface area (Å²) in [6.07, 6.45) is 1.62. The highest BCUT2D eigenvalue weighted by Gasteiger charge is 2.40. The lowest BCUT2D eigenvalue weighted by Gasteiger charge is -2.25. The summed E-state index contributed by atoms with van der Waals surface area (Å²) in [5.74, 6) is -0.312. The third kappa shape index (κ3) is 2.81. The zero-order valence-corrected chi connectivity index (χ0v) is 15.2. The number of aromatic nitrogens is 1. The van der Waals surface area contributed by atoms with Gasteiger partial charge in [-0.15, -0.1) is 6.58 Å². The molecule has 5 nitrogen and oxygen atoms in total. The average molecular weight is 359 g/mol. The fraction of sp³-hybridized carbons (Fsp3) is 0.182. The van der Waals surface area contributed by atoms with Crippen molar-refractivity contribution in [2.45, 2.75) is 13.0 Å². The third-order valence-electron chi connectivity index (χ3n) is 5.03. The molecule has 1 aliphatic rings. The van der Waals surface area contributed by atoms with Crippen LogP contribution in [-0.4, -0.2) is 34.8 Å². The van der Waals surface area contributed by atoms with Gasteiger partial charge in [-0.2, -0.15) is 0 Å². The molecule has 0 bridgehead atoms. The highest BCUT2D eigenvalue weighted by Crippen LogP contribution is 2.42. The van der Waals surface area contributed by atoms with E-state index in [0.29, 0.717) is 12.1 Å². The van der Waals surface area contributed by atoms with Crippen LogP contribution in [0.4, 0.5) is 0 Å². The van der Waals surface area contributed by atoms with Crippen molar-refractivity contribution in [2.75, 3.05) is 13.1 Å². The first kappa shape index (κ1) is 17.1. The number of aromatic amines is 1. The highest BCUT2D eigenvalue weighted by molar-refractivity contribution is 6.02. The number of hydrogen-bond donors (Lipinski definition) is 2. The normalized spacial score (nSPS) is 15.8. The molecule has 136 valence electrons. The van der Waals surface area contributed by atoms with E-state index in [4.69, 9.17) is 0 Å². The molecule has 4 rings (SSSR count). The van der Waals surface area contributed by atoms with Crippen molar-refractivity contribution in [1.29, 1.82) is 0 Å². The molecule has 0 fully saturated rings.